The molecule has 1 aliphatic rings. The number of nitrogens with zero attached hydrogens (tertiary/aromatic N) is 1. The molecule has 2 rings (SSSR count). The van der Waals surface area contributed by atoms with Crippen molar-refractivity contribution < 1.29 is 9.47 Å². The fourth-order valence-corrected chi connectivity index (χ4v) is 2.13. The van der Waals surface area contributed by atoms with Crippen molar-refractivity contribution >= 4 is 0 Å². The summed E-state index contributed by atoms with van der Waals surface area (Å²) in [4.78, 5) is 4.33. The van der Waals surface area contributed by atoms with Crippen molar-refractivity contribution in [2.24, 2.45) is 11.7 Å². The molecule has 0 aliphatic heterocycles. The molecule has 0 aromatic carbocycles. The lowest BCUT2D eigenvalue weighted by Crippen LogP contribution is -2.32. The Kier molecular flexibility index (Phi) is 3.97. The Balaban J connectivity index is 2.18. The highest BCUT2D eigenvalue weighted by Gasteiger charge is 2.37. The average molecular weight is 236 g/mol. The summed E-state index contributed by atoms with van der Waals surface area (Å²) in [6, 6.07) is 3.53. The van der Waals surface area contributed by atoms with E-state index in [0.29, 0.717) is 12.5 Å². The van der Waals surface area contributed by atoms with Crippen molar-refractivity contribution in [3.05, 3.63) is 24.0 Å². The fraction of sp³-hybridized carbons (Fsp3) is 0.615. The van der Waals surface area contributed by atoms with Crippen LogP contribution in [0.1, 0.15) is 31.5 Å². The first-order valence-corrected chi connectivity index (χ1v) is 6.14. The van der Waals surface area contributed by atoms with Crippen LogP contribution in [0.3, 0.4) is 0 Å². The van der Waals surface area contributed by atoms with Gasteiger partial charge in [-0.15, -0.1) is 0 Å². The predicted octanol–water partition coefficient (Wildman–Crippen LogP) is 1.91. The number of nitrogens with two attached hydrogens (primary N) is 1. The third-order valence-electron chi connectivity index (χ3n) is 3.14. The van der Waals surface area contributed by atoms with Crippen molar-refractivity contribution in [2.75, 3.05) is 13.7 Å². The van der Waals surface area contributed by atoms with Gasteiger partial charge in [0.1, 0.15) is 11.4 Å². The highest BCUT2D eigenvalue weighted by molar-refractivity contribution is 5.30. The van der Waals surface area contributed by atoms with E-state index in [2.05, 4.69) is 4.98 Å². The zero-order valence-corrected chi connectivity index (χ0v) is 10.4. The van der Waals surface area contributed by atoms with E-state index >= 15 is 0 Å². The standard InChI is InChI=1S/C13H20N2O2/c1-3-17-13(9-6-7-9)11(14)12-10(16-2)5-4-8-15-12/h4-5,8-9,11,13H,3,6-7,14H2,1-2H3. The largest absolute Gasteiger partial charge is 0.495 e. The molecule has 0 bridgehead atoms. The molecule has 17 heavy (non-hydrogen) atoms. The van der Waals surface area contributed by atoms with Crippen molar-refractivity contribution in [1.82, 2.24) is 4.98 Å². The van der Waals surface area contributed by atoms with Crippen LogP contribution in [0.4, 0.5) is 0 Å². The molecule has 1 saturated carbocycles. The summed E-state index contributed by atoms with van der Waals surface area (Å²) in [7, 11) is 1.64. The van der Waals surface area contributed by atoms with Crippen LogP contribution in [0.15, 0.2) is 18.3 Å². The second-order valence-electron chi connectivity index (χ2n) is 4.37. The zero-order chi connectivity index (χ0) is 12.3. The van der Waals surface area contributed by atoms with Gasteiger partial charge in [-0.25, -0.2) is 0 Å². The van der Waals surface area contributed by atoms with E-state index in [1.807, 2.05) is 19.1 Å². The molecule has 1 aliphatic carbocycles. The van der Waals surface area contributed by atoms with E-state index < -0.39 is 0 Å². The maximum Gasteiger partial charge on any atom is 0.142 e. The Hall–Kier alpha value is -1.13. The molecule has 0 saturated heterocycles. The lowest BCUT2D eigenvalue weighted by Gasteiger charge is -2.24. The molecule has 4 heteroatoms. The average Bonchev–Trinajstić information content (AvgIpc) is 3.19. The van der Waals surface area contributed by atoms with Crippen molar-refractivity contribution in [1.29, 1.82) is 0 Å². The van der Waals surface area contributed by atoms with Gasteiger partial charge in [-0.3, -0.25) is 4.98 Å². The van der Waals surface area contributed by atoms with E-state index in [0.717, 1.165) is 11.4 Å². The van der Waals surface area contributed by atoms with Gasteiger partial charge in [0.05, 0.1) is 19.3 Å². The van der Waals surface area contributed by atoms with Gasteiger partial charge < -0.3 is 15.2 Å². The third kappa shape index (κ3) is 2.76. The van der Waals surface area contributed by atoms with Crippen LogP contribution in [-0.4, -0.2) is 24.8 Å². The summed E-state index contributed by atoms with van der Waals surface area (Å²) in [6.07, 6.45) is 4.21. The molecule has 4 nitrogen and oxygen atoms in total. The summed E-state index contributed by atoms with van der Waals surface area (Å²) in [5.41, 5.74) is 7.07. The first kappa shape index (κ1) is 12.3. The predicted molar refractivity (Wildman–Crippen MR) is 65.9 cm³/mol. The van der Waals surface area contributed by atoms with Gasteiger partial charge in [0, 0.05) is 12.8 Å². The summed E-state index contributed by atoms with van der Waals surface area (Å²) in [5, 5.41) is 0. The van der Waals surface area contributed by atoms with Gasteiger partial charge >= 0.3 is 0 Å². The summed E-state index contributed by atoms with van der Waals surface area (Å²) in [6.45, 7) is 2.68. The van der Waals surface area contributed by atoms with Crippen molar-refractivity contribution in [3.63, 3.8) is 0 Å². The summed E-state index contributed by atoms with van der Waals surface area (Å²) >= 11 is 0. The van der Waals surface area contributed by atoms with Crippen LogP contribution < -0.4 is 10.5 Å². The molecule has 2 unspecified atom stereocenters. The molecule has 2 N–H and O–H groups in total. The topological polar surface area (TPSA) is 57.4 Å². The first-order chi connectivity index (χ1) is 8.27. The van der Waals surface area contributed by atoms with E-state index in [1.165, 1.54) is 12.8 Å². The van der Waals surface area contributed by atoms with Crippen LogP contribution in [0.25, 0.3) is 0 Å². The SMILES string of the molecule is CCOC(C1CC1)C(N)c1ncccc1OC. The maximum absolute atomic E-state index is 6.28. The summed E-state index contributed by atoms with van der Waals surface area (Å²) < 4.78 is 11.1. The fourth-order valence-electron chi connectivity index (χ4n) is 2.13. The number of hydrogen-bond acceptors (Lipinski definition) is 4. The molecule has 1 aromatic heterocycles. The molecule has 1 heterocycles. The molecule has 1 aromatic rings. The van der Waals surface area contributed by atoms with Crippen molar-refractivity contribution in [3.8, 4) is 5.75 Å². The highest BCUT2D eigenvalue weighted by Crippen LogP contribution is 2.40. The van der Waals surface area contributed by atoms with Crippen LogP contribution >= 0.6 is 0 Å². The van der Waals surface area contributed by atoms with Gasteiger partial charge in [-0.05, 0) is 37.8 Å². The van der Waals surface area contributed by atoms with Gasteiger partial charge in [-0.1, -0.05) is 0 Å². The van der Waals surface area contributed by atoms with E-state index in [-0.39, 0.29) is 12.1 Å². The number of aromatic nitrogens is 1. The van der Waals surface area contributed by atoms with Gasteiger partial charge in [-0.2, -0.15) is 0 Å². The Morgan fingerprint density at radius 3 is 2.88 bits per heavy atom. The quantitative estimate of drug-likeness (QED) is 0.819. The normalized spacial score (nSPS) is 18.8. The van der Waals surface area contributed by atoms with E-state index in [1.54, 1.807) is 13.3 Å². The number of rotatable bonds is 6. The van der Waals surface area contributed by atoms with Crippen molar-refractivity contribution in [2.45, 2.75) is 31.9 Å². The molecule has 0 amide bonds. The summed E-state index contributed by atoms with van der Waals surface area (Å²) in [5.74, 6) is 1.32. The van der Waals surface area contributed by atoms with Crippen LogP contribution in [0.2, 0.25) is 0 Å². The lowest BCUT2D eigenvalue weighted by atomic mass is 10.0. The number of hydrogen-bond donors (Lipinski definition) is 1. The van der Waals surface area contributed by atoms with Gasteiger partial charge in [0.25, 0.3) is 0 Å². The molecular formula is C13H20N2O2. The molecular weight excluding hydrogens is 216 g/mol. The third-order valence-corrected chi connectivity index (χ3v) is 3.14. The minimum atomic E-state index is -0.210. The monoisotopic (exact) mass is 236 g/mol. The van der Waals surface area contributed by atoms with Crippen LogP contribution in [0.5, 0.6) is 5.75 Å². The molecule has 2 atom stereocenters. The lowest BCUT2D eigenvalue weighted by molar-refractivity contribution is 0.0268. The number of ether oxygens (including phenoxy) is 2. The molecule has 1 fully saturated rings. The zero-order valence-electron chi connectivity index (χ0n) is 10.4. The Labute approximate surface area is 102 Å². The van der Waals surface area contributed by atoms with Crippen LogP contribution in [0, 0.1) is 5.92 Å². The Morgan fingerprint density at radius 2 is 2.29 bits per heavy atom. The second-order valence-corrected chi connectivity index (χ2v) is 4.37. The maximum atomic E-state index is 6.28. The van der Waals surface area contributed by atoms with Crippen LogP contribution in [-0.2, 0) is 4.74 Å². The Morgan fingerprint density at radius 1 is 1.53 bits per heavy atom. The second kappa shape index (κ2) is 5.47. The minimum Gasteiger partial charge on any atom is -0.495 e. The molecule has 0 radical (unpaired) electrons. The molecule has 94 valence electrons. The number of pyridine rings is 1. The van der Waals surface area contributed by atoms with Gasteiger partial charge in [0.15, 0.2) is 0 Å². The first-order valence-electron chi connectivity index (χ1n) is 6.14. The molecule has 0 spiro atoms. The number of methoxy groups -OCH3 is 1. The smallest absolute Gasteiger partial charge is 0.142 e. The highest BCUT2D eigenvalue weighted by atomic mass is 16.5. The van der Waals surface area contributed by atoms with E-state index in [9.17, 15) is 0 Å². The van der Waals surface area contributed by atoms with E-state index in [4.69, 9.17) is 15.2 Å². The Bertz CT molecular complexity index is 366. The minimum absolute atomic E-state index is 0.0591. The van der Waals surface area contributed by atoms with Gasteiger partial charge in [0.2, 0.25) is 0 Å².